The van der Waals surface area contributed by atoms with E-state index in [-0.39, 0.29) is 11.6 Å². The molecule has 1 aliphatic heterocycles. The van der Waals surface area contributed by atoms with Gasteiger partial charge in [-0.15, -0.1) is 0 Å². The summed E-state index contributed by atoms with van der Waals surface area (Å²) < 4.78 is 17.7. The number of ketones is 1. The van der Waals surface area contributed by atoms with Gasteiger partial charge in [0, 0.05) is 36.2 Å². The summed E-state index contributed by atoms with van der Waals surface area (Å²) in [5, 5.41) is 3.50. The van der Waals surface area contributed by atoms with Crippen LogP contribution in [0.1, 0.15) is 88.3 Å². The van der Waals surface area contributed by atoms with Gasteiger partial charge in [-0.05, 0) is 73.9 Å². The number of imidazole rings is 1. The van der Waals surface area contributed by atoms with Crippen LogP contribution in [0.4, 0.5) is 10.1 Å². The monoisotopic (exact) mass is 447 g/mol. The zero-order chi connectivity index (χ0) is 22.9. The van der Waals surface area contributed by atoms with Crippen molar-refractivity contribution in [2.24, 2.45) is 0 Å². The Bertz CT molecular complexity index is 1180. The van der Waals surface area contributed by atoms with Crippen molar-refractivity contribution in [1.82, 2.24) is 9.55 Å². The second-order valence-corrected chi connectivity index (χ2v) is 9.86. The van der Waals surface area contributed by atoms with Crippen LogP contribution in [-0.2, 0) is 11.2 Å². The molecule has 174 valence electrons. The van der Waals surface area contributed by atoms with Crippen LogP contribution < -0.4 is 5.32 Å². The van der Waals surface area contributed by atoms with Crippen LogP contribution in [0.5, 0.6) is 0 Å². The van der Waals surface area contributed by atoms with Gasteiger partial charge >= 0.3 is 0 Å². The number of Topliss-reactive ketones (excluding diaryl/α,β-unsaturated/α-hetero) is 1. The molecule has 33 heavy (non-hydrogen) atoms. The second-order valence-electron chi connectivity index (χ2n) is 9.86. The molecule has 1 atom stereocenters. The fourth-order valence-electron chi connectivity index (χ4n) is 5.86. The number of fused-ring (bicyclic) bond motifs is 2. The normalized spacial score (nSPS) is 18.5. The number of hydrogen-bond donors (Lipinski definition) is 1. The highest BCUT2D eigenvalue weighted by atomic mass is 19.1. The van der Waals surface area contributed by atoms with E-state index in [1.807, 2.05) is 6.33 Å². The van der Waals surface area contributed by atoms with E-state index in [0.717, 1.165) is 40.9 Å². The number of nitrogens with one attached hydrogen (secondary N) is 1. The number of carbonyl (C=O) groups is 1. The molecule has 4 nitrogen and oxygen atoms in total. The van der Waals surface area contributed by atoms with Gasteiger partial charge in [0.25, 0.3) is 0 Å². The van der Waals surface area contributed by atoms with E-state index in [1.54, 1.807) is 13.0 Å². The van der Waals surface area contributed by atoms with Crippen LogP contribution in [0.3, 0.4) is 0 Å². The number of nitrogens with zero attached hydrogens (tertiary/aromatic N) is 2. The van der Waals surface area contributed by atoms with Gasteiger partial charge in [0.15, 0.2) is 0 Å². The Hall–Kier alpha value is -2.69. The highest BCUT2D eigenvalue weighted by Crippen LogP contribution is 2.45. The quantitative estimate of drug-likeness (QED) is 0.417. The van der Waals surface area contributed by atoms with Crippen LogP contribution in [0.2, 0.25) is 0 Å². The molecule has 0 radical (unpaired) electrons. The Labute approximate surface area is 195 Å². The number of halogens is 1. The minimum Gasteiger partial charge on any atom is -0.384 e. The first-order valence-corrected chi connectivity index (χ1v) is 12.6. The smallest absolute Gasteiger partial charge is 0.129 e. The Morgan fingerprint density at radius 2 is 2.03 bits per heavy atom. The molecule has 2 aliphatic rings. The Balaban J connectivity index is 1.54. The van der Waals surface area contributed by atoms with Gasteiger partial charge < -0.3 is 14.7 Å². The van der Waals surface area contributed by atoms with Crippen LogP contribution >= 0.6 is 0 Å². The fourth-order valence-corrected chi connectivity index (χ4v) is 5.86. The first-order valence-electron chi connectivity index (χ1n) is 12.6. The Morgan fingerprint density at radius 3 is 2.79 bits per heavy atom. The minimum atomic E-state index is -0.176. The van der Waals surface area contributed by atoms with Crippen LogP contribution in [-0.4, -0.2) is 21.9 Å². The lowest BCUT2D eigenvalue weighted by atomic mass is 9.87. The summed E-state index contributed by atoms with van der Waals surface area (Å²) in [6, 6.07) is 8.69. The predicted octanol–water partition coefficient (Wildman–Crippen LogP) is 7.18. The van der Waals surface area contributed by atoms with Crippen molar-refractivity contribution in [1.29, 1.82) is 0 Å². The van der Waals surface area contributed by atoms with Crippen LogP contribution in [0.25, 0.3) is 22.2 Å². The van der Waals surface area contributed by atoms with Crippen molar-refractivity contribution in [3.63, 3.8) is 0 Å². The predicted molar refractivity (Wildman–Crippen MR) is 132 cm³/mol. The summed E-state index contributed by atoms with van der Waals surface area (Å²) in [7, 11) is 0. The van der Waals surface area contributed by atoms with Crippen LogP contribution in [0.15, 0.2) is 30.6 Å². The topological polar surface area (TPSA) is 46.9 Å². The SMILES string of the molecule is CCC1CNc2c(CCCC(C)=O)c(F)cc(-c3ccc4c(c3)ncn4C3CCCCC3)c21. The molecule has 1 fully saturated rings. The van der Waals surface area contributed by atoms with E-state index in [1.165, 1.54) is 43.2 Å². The van der Waals surface area contributed by atoms with Crippen molar-refractivity contribution < 1.29 is 9.18 Å². The maximum Gasteiger partial charge on any atom is 0.129 e. The van der Waals surface area contributed by atoms with Gasteiger partial charge in [-0.2, -0.15) is 0 Å². The molecule has 2 heterocycles. The van der Waals surface area contributed by atoms with Crippen molar-refractivity contribution in [2.75, 3.05) is 11.9 Å². The zero-order valence-electron chi connectivity index (χ0n) is 19.8. The van der Waals surface area contributed by atoms with Crippen molar-refractivity contribution >= 4 is 22.5 Å². The molecule has 0 saturated heterocycles. The lowest BCUT2D eigenvalue weighted by Gasteiger charge is -2.23. The van der Waals surface area contributed by atoms with E-state index < -0.39 is 0 Å². The van der Waals surface area contributed by atoms with Gasteiger partial charge in [-0.25, -0.2) is 9.37 Å². The molecule has 5 heteroatoms. The lowest BCUT2D eigenvalue weighted by Crippen LogP contribution is -2.11. The molecule has 0 spiro atoms. The molecule has 1 aromatic heterocycles. The summed E-state index contributed by atoms with van der Waals surface area (Å²) in [5.74, 6) is 0.339. The number of carbonyl (C=O) groups excluding carboxylic acids is 1. The molecule has 5 rings (SSSR count). The first-order chi connectivity index (χ1) is 16.1. The van der Waals surface area contributed by atoms with Gasteiger partial charge in [-0.1, -0.05) is 32.3 Å². The standard InChI is InChI=1S/C28H34FN3O/c1-3-19-16-30-28-22(11-7-8-18(2)33)24(29)15-23(27(19)28)20-12-13-26-25(14-20)31-17-32(26)21-9-5-4-6-10-21/h12-15,17,19,21,30H,3-11,16H2,1-2H3. The van der Waals surface area contributed by atoms with Gasteiger partial charge in [0.1, 0.15) is 11.6 Å². The number of anilines is 1. The third-order valence-electron chi connectivity index (χ3n) is 7.66. The number of hydrogen-bond acceptors (Lipinski definition) is 3. The molecule has 0 amide bonds. The van der Waals surface area contributed by atoms with Crippen molar-refractivity contribution in [3.8, 4) is 11.1 Å². The van der Waals surface area contributed by atoms with E-state index >= 15 is 4.39 Å². The fraction of sp³-hybridized carbons (Fsp3) is 0.500. The molecular formula is C28H34FN3O. The maximum atomic E-state index is 15.4. The lowest BCUT2D eigenvalue weighted by molar-refractivity contribution is -0.117. The Morgan fingerprint density at radius 1 is 1.21 bits per heavy atom. The van der Waals surface area contributed by atoms with Crippen molar-refractivity contribution in [3.05, 3.63) is 47.5 Å². The maximum absolute atomic E-state index is 15.4. The summed E-state index contributed by atoms with van der Waals surface area (Å²) in [6.07, 6.45) is 11.1. The summed E-state index contributed by atoms with van der Waals surface area (Å²) in [4.78, 5) is 16.1. The average molecular weight is 448 g/mol. The highest BCUT2D eigenvalue weighted by Gasteiger charge is 2.29. The Kier molecular flexibility index (Phi) is 6.22. The van der Waals surface area contributed by atoms with E-state index in [4.69, 9.17) is 4.98 Å². The third-order valence-corrected chi connectivity index (χ3v) is 7.66. The molecule has 3 aromatic rings. The second kappa shape index (κ2) is 9.28. The van der Waals surface area contributed by atoms with E-state index in [0.29, 0.717) is 31.2 Å². The average Bonchev–Trinajstić information content (AvgIpc) is 3.44. The number of rotatable bonds is 7. The molecule has 1 saturated carbocycles. The zero-order valence-corrected chi connectivity index (χ0v) is 19.8. The van der Waals surface area contributed by atoms with E-state index in [9.17, 15) is 4.79 Å². The largest absolute Gasteiger partial charge is 0.384 e. The molecule has 0 bridgehead atoms. The highest BCUT2D eigenvalue weighted by molar-refractivity contribution is 5.86. The number of benzene rings is 2. The molecule has 1 aliphatic carbocycles. The summed E-state index contributed by atoms with van der Waals surface area (Å²) >= 11 is 0. The summed E-state index contributed by atoms with van der Waals surface area (Å²) in [6.45, 7) is 4.63. The van der Waals surface area contributed by atoms with Crippen LogP contribution in [0, 0.1) is 5.82 Å². The minimum absolute atomic E-state index is 0.157. The van der Waals surface area contributed by atoms with E-state index in [2.05, 4.69) is 35.0 Å². The molecule has 1 unspecified atom stereocenters. The van der Waals surface area contributed by atoms with Gasteiger partial charge in [0.2, 0.25) is 0 Å². The number of aromatic nitrogens is 2. The summed E-state index contributed by atoms with van der Waals surface area (Å²) in [5.41, 5.74) is 7.07. The third kappa shape index (κ3) is 4.18. The van der Waals surface area contributed by atoms with Gasteiger partial charge in [-0.3, -0.25) is 0 Å². The molecular weight excluding hydrogens is 413 g/mol. The molecule has 1 N–H and O–H groups in total. The first kappa shape index (κ1) is 22.1. The van der Waals surface area contributed by atoms with Crippen molar-refractivity contribution in [2.45, 2.75) is 83.6 Å². The van der Waals surface area contributed by atoms with Gasteiger partial charge in [0.05, 0.1) is 17.4 Å². The molecule has 2 aromatic carbocycles.